The minimum absolute atomic E-state index is 0.344. The van der Waals surface area contributed by atoms with E-state index in [-0.39, 0.29) is 0 Å². The van der Waals surface area contributed by atoms with Crippen LogP contribution in [-0.4, -0.2) is 36.1 Å². The second-order valence-corrected chi connectivity index (χ2v) is 4.48. The highest BCUT2D eigenvalue weighted by atomic mass is 16.5. The summed E-state index contributed by atoms with van der Waals surface area (Å²) in [5.41, 5.74) is 1.26. The lowest BCUT2D eigenvalue weighted by Gasteiger charge is -2.28. The first kappa shape index (κ1) is 11.4. The average molecular weight is 220 g/mol. The van der Waals surface area contributed by atoms with Gasteiger partial charge in [0.25, 0.3) is 0 Å². The average Bonchev–Trinajstić information content (AvgIpc) is 2.33. The monoisotopic (exact) mass is 220 g/mol. The maximum absolute atomic E-state index is 5.87. The van der Waals surface area contributed by atoms with Crippen molar-refractivity contribution in [3.8, 4) is 5.88 Å². The standard InChI is InChI=1S/C13H20N2O/c1-3-11-4-5-13(14-10-11)16-12-6-8-15(2)9-7-12/h4-5,10,12H,3,6-9H2,1-2H3. The van der Waals surface area contributed by atoms with Crippen LogP contribution in [0.15, 0.2) is 18.3 Å². The Bertz CT molecular complexity index is 315. The van der Waals surface area contributed by atoms with Crippen molar-refractivity contribution < 1.29 is 4.74 Å². The minimum atomic E-state index is 0.344. The quantitative estimate of drug-likeness (QED) is 0.780. The molecule has 0 spiro atoms. The van der Waals surface area contributed by atoms with Crippen molar-refractivity contribution >= 4 is 0 Å². The Morgan fingerprint density at radius 1 is 1.38 bits per heavy atom. The molecule has 0 unspecified atom stereocenters. The van der Waals surface area contributed by atoms with Crippen molar-refractivity contribution in [3.63, 3.8) is 0 Å². The van der Waals surface area contributed by atoms with Crippen LogP contribution in [0.2, 0.25) is 0 Å². The van der Waals surface area contributed by atoms with Gasteiger partial charge in [-0.2, -0.15) is 0 Å². The molecule has 1 aliphatic rings. The van der Waals surface area contributed by atoms with Gasteiger partial charge in [-0.3, -0.25) is 0 Å². The summed E-state index contributed by atoms with van der Waals surface area (Å²) in [7, 11) is 2.16. The minimum Gasteiger partial charge on any atom is -0.474 e. The van der Waals surface area contributed by atoms with Crippen molar-refractivity contribution in [3.05, 3.63) is 23.9 Å². The molecule has 2 heterocycles. The first-order valence-electron chi connectivity index (χ1n) is 6.08. The molecule has 1 aromatic rings. The van der Waals surface area contributed by atoms with Crippen molar-refractivity contribution in [2.45, 2.75) is 32.3 Å². The number of rotatable bonds is 3. The summed E-state index contributed by atoms with van der Waals surface area (Å²) in [6, 6.07) is 4.08. The van der Waals surface area contributed by atoms with Crippen LogP contribution in [0.4, 0.5) is 0 Å². The Morgan fingerprint density at radius 2 is 2.12 bits per heavy atom. The molecule has 1 aromatic heterocycles. The Labute approximate surface area is 97.4 Å². The number of likely N-dealkylation sites (tertiary alicyclic amines) is 1. The highest BCUT2D eigenvalue weighted by Gasteiger charge is 2.18. The molecule has 88 valence electrons. The van der Waals surface area contributed by atoms with Crippen LogP contribution < -0.4 is 4.74 Å². The molecule has 0 aromatic carbocycles. The van der Waals surface area contributed by atoms with Gasteiger partial charge in [0.2, 0.25) is 5.88 Å². The lowest BCUT2D eigenvalue weighted by molar-refractivity contribution is 0.110. The zero-order chi connectivity index (χ0) is 11.4. The summed E-state index contributed by atoms with van der Waals surface area (Å²) in [5.74, 6) is 0.770. The third-order valence-corrected chi connectivity index (χ3v) is 3.16. The number of piperidine rings is 1. The fourth-order valence-electron chi connectivity index (χ4n) is 1.96. The molecule has 0 aliphatic carbocycles. The number of aromatic nitrogens is 1. The third kappa shape index (κ3) is 2.95. The van der Waals surface area contributed by atoms with Crippen LogP contribution in [0.5, 0.6) is 5.88 Å². The van der Waals surface area contributed by atoms with E-state index in [1.165, 1.54) is 5.56 Å². The molecule has 2 rings (SSSR count). The zero-order valence-corrected chi connectivity index (χ0v) is 10.1. The van der Waals surface area contributed by atoms with E-state index in [0.29, 0.717) is 6.10 Å². The van der Waals surface area contributed by atoms with E-state index < -0.39 is 0 Å². The maximum atomic E-state index is 5.87. The Balaban J connectivity index is 1.88. The summed E-state index contributed by atoms with van der Waals surface area (Å²) in [5, 5.41) is 0. The van der Waals surface area contributed by atoms with Gasteiger partial charge in [-0.05, 0) is 31.9 Å². The lowest BCUT2D eigenvalue weighted by atomic mass is 10.1. The molecule has 1 saturated heterocycles. The van der Waals surface area contributed by atoms with E-state index in [9.17, 15) is 0 Å². The second kappa shape index (κ2) is 5.30. The van der Waals surface area contributed by atoms with Gasteiger partial charge in [-0.25, -0.2) is 4.98 Å². The number of ether oxygens (including phenoxy) is 1. The predicted octanol–water partition coefficient (Wildman–Crippen LogP) is 2.12. The molecular weight excluding hydrogens is 200 g/mol. The van der Waals surface area contributed by atoms with E-state index in [4.69, 9.17) is 4.74 Å². The van der Waals surface area contributed by atoms with Gasteiger partial charge in [-0.1, -0.05) is 13.0 Å². The Morgan fingerprint density at radius 3 is 2.69 bits per heavy atom. The van der Waals surface area contributed by atoms with Crippen molar-refractivity contribution in [2.24, 2.45) is 0 Å². The highest BCUT2D eigenvalue weighted by Crippen LogP contribution is 2.16. The zero-order valence-electron chi connectivity index (χ0n) is 10.1. The van der Waals surface area contributed by atoms with E-state index >= 15 is 0 Å². The van der Waals surface area contributed by atoms with Crippen LogP contribution in [0.3, 0.4) is 0 Å². The molecule has 16 heavy (non-hydrogen) atoms. The molecule has 0 N–H and O–H groups in total. The molecule has 0 bridgehead atoms. The summed E-state index contributed by atoms with van der Waals surface area (Å²) >= 11 is 0. The molecule has 3 heteroatoms. The van der Waals surface area contributed by atoms with Gasteiger partial charge < -0.3 is 9.64 Å². The van der Waals surface area contributed by atoms with Crippen LogP contribution in [0.25, 0.3) is 0 Å². The number of hydrogen-bond acceptors (Lipinski definition) is 3. The topological polar surface area (TPSA) is 25.4 Å². The summed E-state index contributed by atoms with van der Waals surface area (Å²) in [6.45, 7) is 4.38. The van der Waals surface area contributed by atoms with Gasteiger partial charge in [0, 0.05) is 25.4 Å². The summed E-state index contributed by atoms with van der Waals surface area (Å²) in [6.07, 6.45) is 5.49. The fraction of sp³-hybridized carbons (Fsp3) is 0.615. The SMILES string of the molecule is CCc1ccc(OC2CCN(C)CC2)nc1. The first-order chi connectivity index (χ1) is 7.78. The molecule has 1 fully saturated rings. The molecule has 0 atom stereocenters. The summed E-state index contributed by atoms with van der Waals surface area (Å²) in [4.78, 5) is 6.67. The van der Waals surface area contributed by atoms with E-state index in [1.54, 1.807) is 0 Å². The van der Waals surface area contributed by atoms with Crippen molar-refractivity contribution in [1.29, 1.82) is 0 Å². The third-order valence-electron chi connectivity index (χ3n) is 3.16. The largest absolute Gasteiger partial charge is 0.474 e. The van der Waals surface area contributed by atoms with Crippen molar-refractivity contribution in [1.82, 2.24) is 9.88 Å². The molecular formula is C13H20N2O. The van der Waals surface area contributed by atoms with Crippen LogP contribution >= 0.6 is 0 Å². The van der Waals surface area contributed by atoms with Gasteiger partial charge in [0.05, 0.1) is 0 Å². The van der Waals surface area contributed by atoms with Gasteiger partial charge in [-0.15, -0.1) is 0 Å². The predicted molar refractivity (Wildman–Crippen MR) is 64.8 cm³/mol. The number of pyridine rings is 1. The number of aryl methyl sites for hydroxylation is 1. The van der Waals surface area contributed by atoms with Crippen LogP contribution in [-0.2, 0) is 6.42 Å². The van der Waals surface area contributed by atoms with E-state index in [0.717, 1.165) is 38.2 Å². The van der Waals surface area contributed by atoms with E-state index in [1.807, 2.05) is 12.3 Å². The highest BCUT2D eigenvalue weighted by molar-refractivity contribution is 5.17. The van der Waals surface area contributed by atoms with E-state index in [2.05, 4.69) is 29.9 Å². The fourth-order valence-corrected chi connectivity index (χ4v) is 1.96. The van der Waals surface area contributed by atoms with Crippen LogP contribution in [0, 0.1) is 0 Å². The Kier molecular flexibility index (Phi) is 3.78. The molecule has 0 amide bonds. The summed E-state index contributed by atoms with van der Waals surface area (Å²) < 4.78 is 5.87. The maximum Gasteiger partial charge on any atom is 0.213 e. The van der Waals surface area contributed by atoms with Crippen LogP contribution in [0.1, 0.15) is 25.3 Å². The molecule has 0 radical (unpaired) electrons. The number of nitrogens with zero attached hydrogens (tertiary/aromatic N) is 2. The smallest absolute Gasteiger partial charge is 0.213 e. The molecule has 3 nitrogen and oxygen atoms in total. The van der Waals surface area contributed by atoms with Gasteiger partial charge in [0.15, 0.2) is 0 Å². The Hall–Kier alpha value is -1.09. The lowest BCUT2D eigenvalue weighted by Crippen LogP contribution is -2.35. The molecule has 1 aliphatic heterocycles. The number of hydrogen-bond donors (Lipinski definition) is 0. The second-order valence-electron chi connectivity index (χ2n) is 4.48. The normalized spacial score (nSPS) is 18.6. The molecule has 0 saturated carbocycles. The van der Waals surface area contributed by atoms with Gasteiger partial charge in [0.1, 0.15) is 6.10 Å². The first-order valence-corrected chi connectivity index (χ1v) is 6.08. The van der Waals surface area contributed by atoms with Gasteiger partial charge >= 0.3 is 0 Å². The van der Waals surface area contributed by atoms with Crippen molar-refractivity contribution in [2.75, 3.05) is 20.1 Å².